The Bertz CT molecular complexity index is 543. The lowest BCUT2D eigenvalue weighted by Gasteiger charge is -2.24. The van der Waals surface area contributed by atoms with Crippen LogP contribution >= 0.6 is 11.3 Å². The largest absolute Gasteiger partial charge is 0.327 e. The molecular formula is C18H24N2S. The second kappa shape index (κ2) is 7.19. The van der Waals surface area contributed by atoms with Crippen LogP contribution in [0.4, 0.5) is 0 Å². The van der Waals surface area contributed by atoms with Gasteiger partial charge in [-0.3, -0.25) is 0 Å². The van der Waals surface area contributed by atoms with Gasteiger partial charge in [-0.2, -0.15) is 0 Å². The maximum absolute atomic E-state index is 6.35. The molecule has 0 bridgehead atoms. The maximum atomic E-state index is 6.35. The second-order valence-corrected chi connectivity index (χ2v) is 7.14. The van der Waals surface area contributed by atoms with Crippen molar-refractivity contribution in [3.63, 3.8) is 0 Å². The molecule has 1 fully saturated rings. The minimum Gasteiger partial charge on any atom is -0.327 e. The van der Waals surface area contributed by atoms with Gasteiger partial charge in [0.05, 0.1) is 10.7 Å². The minimum absolute atomic E-state index is 0.267. The lowest BCUT2D eigenvalue weighted by molar-refractivity contribution is 0.316. The molecule has 2 N–H and O–H groups in total. The second-order valence-electron chi connectivity index (χ2n) is 6.20. The van der Waals surface area contributed by atoms with Crippen molar-refractivity contribution in [1.29, 1.82) is 0 Å². The van der Waals surface area contributed by atoms with Crippen LogP contribution in [-0.2, 0) is 6.42 Å². The summed E-state index contributed by atoms with van der Waals surface area (Å²) in [6, 6.07) is 10.6. The van der Waals surface area contributed by atoms with Crippen molar-refractivity contribution in [1.82, 2.24) is 4.98 Å². The Balaban J connectivity index is 1.56. The van der Waals surface area contributed by atoms with Crippen molar-refractivity contribution in [3.8, 4) is 11.3 Å². The standard InChI is InChI=1S/C18H24N2S/c19-16(11-14-7-3-1-4-8-14)12-18-20-17(13-21-18)15-9-5-2-6-10-15/h2,5-6,9-10,13-14,16H,1,3-4,7-8,11-12,19H2. The summed E-state index contributed by atoms with van der Waals surface area (Å²) in [6.45, 7) is 0. The van der Waals surface area contributed by atoms with Crippen molar-refractivity contribution in [2.75, 3.05) is 0 Å². The third kappa shape index (κ3) is 4.14. The van der Waals surface area contributed by atoms with Gasteiger partial charge < -0.3 is 5.73 Å². The van der Waals surface area contributed by atoms with Crippen molar-refractivity contribution in [3.05, 3.63) is 40.7 Å². The number of hydrogen-bond donors (Lipinski definition) is 1. The lowest BCUT2D eigenvalue weighted by Crippen LogP contribution is -2.27. The number of nitrogens with zero attached hydrogens (tertiary/aromatic N) is 1. The molecule has 0 aliphatic heterocycles. The average Bonchev–Trinajstić information content (AvgIpc) is 2.97. The van der Waals surface area contributed by atoms with Crippen molar-refractivity contribution in [2.45, 2.75) is 51.0 Å². The molecule has 1 aromatic heterocycles. The molecule has 3 heteroatoms. The van der Waals surface area contributed by atoms with Crippen molar-refractivity contribution in [2.24, 2.45) is 11.7 Å². The molecular weight excluding hydrogens is 276 g/mol. The van der Waals surface area contributed by atoms with Crippen LogP contribution in [0, 0.1) is 5.92 Å². The summed E-state index contributed by atoms with van der Waals surface area (Å²) in [5.74, 6) is 0.849. The van der Waals surface area contributed by atoms with Gasteiger partial charge in [0.25, 0.3) is 0 Å². The zero-order chi connectivity index (χ0) is 14.5. The van der Waals surface area contributed by atoms with Gasteiger partial charge in [-0.05, 0) is 12.3 Å². The van der Waals surface area contributed by atoms with Gasteiger partial charge in [-0.15, -0.1) is 11.3 Å². The Labute approximate surface area is 131 Å². The van der Waals surface area contributed by atoms with E-state index in [9.17, 15) is 0 Å². The van der Waals surface area contributed by atoms with Gasteiger partial charge in [0, 0.05) is 23.4 Å². The van der Waals surface area contributed by atoms with E-state index < -0.39 is 0 Å². The molecule has 3 rings (SSSR count). The summed E-state index contributed by atoms with van der Waals surface area (Å²) in [6.07, 6.45) is 9.05. The molecule has 1 aromatic carbocycles. The first-order valence-electron chi connectivity index (χ1n) is 8.06. The molecule has 1 unspecified atom stereocenters. The number of nitrogens with two attached hydrogens (primary N) is 1. The van der Waals surface area contributed by atoms with Crippen LogP contribution in [0.15, 0.2) is 35.7 Å². The highest BCUT2D eigenvalue weighted by Gasteiger charge is 2.18. The first-order valence-corrected chi connectivity index (χ1v) is 8.94. The fourth-order valence-electron chi connectivity index (χ4n) is 3.30. The lowest BCUT2D eigenvalue weighted by atomic mass is 9.84. The SMILES string of the molecule is NC(Cc1nc(-c2ccccc2)cs1)CC1CCCCC1. The highest BCUT2D eigenvalue weighted by molar-refractivity contribution is 7.09. The van der Waals surface area contributed by atoms with Crippen molar-refractivity contribution < 1.29 is 0 Å². The van der Waals surface area contributed by atoms with E-state index in [4.69, 9.17) is 10.7 Å². The Hall–Kier alpha value is -1.19. The molecule has 0 saturated heterocycles. The highest BCUT2D eigenvalue weighted by atomic mass is 32.1. The summed E-state index contributed by atoms with van der Waals surface area (Å²) in [5, 5.41) is 3.33. The van der Waals surface area contributed by atoms with Crippen LogP contribution in [0.1, 0.15) is 43.5 Å². The molecule has 1 saturated carbocycles. The van der Waals surface area contributed by atoms with E-state index in [1.807, 2.05) is 6.07 Å². The molecule has 1 heterocycles. The van der Waals surface area contributed by atoms with Crippen LogP contribution in [0.5, 0.6) is 0 Å². The van der Waals surface area contributed by atoms with Crippen molar-refractivity contribution >= 4 is 11.3 Å². The summed E-state index contributed by atoms with van der Waals surface area (Å²) in [5.41, 5.74) is 8.63. The summed E-state index contributed by atoms with van der Waals surface area (Å²) in [7, 11) is 0. The summed E-state index contributed by atoms with van der Waals surface area (Å²) < 4.78 is 0. The number of benzene rings is 1. The van der Waals surface area contributed by atoms with Crippen LogP contribution < -0.4 is 5.73 Å². The zero-order valence-corrected chi connectivity index (χ0v) is 13.3. The number of hydrogen-bond acceptors (Lipinski definition) is 3. The molecule has 0 amide bonds. The van der Waals surface area contributed by atoms with Gasteiger partial charge in [0.2, 0.25) is 0 Å². The Morgan fingerprint density at radius 2 is 1.90 bits per heavy atom. The Kier molecular flexibility index (Phi) is 5.04. The van der Waals surface area contributed by atoms with Crippen LogP contribution in [0.25, 0.3) is 11.3 Å². The van der Waals surface area contributed by atoms with Gasteiger partial charge >= 0.3 is 0 Å². The van der Waals surface area contributed by atoms with Gasteiger partial charge in [-0.25, -0.2) is 4.98 Å². The van der Waals surface area contributed by atoms with Crippen LogP contribution in [0.3, 0.4) is 0 Å². The monoisotopic (exact) mass is 300 g/mol. The van der Waals surface area contributed by atoms with Crippen LogP contribution in [-0.4, -0.2) is 11.0 Å². The third-order valence-corrected chi connectivity index (χ3v) is 5.29. The summed E-state index contributed by atoms with van der Waals surface area (Å²) in [4.78, 5) is 4.75. The zero-order valence-electron chi connectivity index (χ0n) is 12.5. The molecule has 0 radical (unpaired) electrons. The predicted octanol–water partition coefficient (Wildman–Crippen LogP) is 4.65. The Morgan fingerprint density at radius 1 is 1.14 bits per heavy atom. The van der Waals surface area contributed by atoms with E-state index in [2.05, 4.69) is 29.6 Å². The van der Waals surface area contributed by atoms with E-state index in [1.165, 1.54) is 49.1 Å². The number of aromatic nitrogens is 1. The quantitative estimate of drug-likeness (QED) is 0.873. The minimum atomic E-state index is 0.267. The van der Waals surface area contributed by atoms with E-state index >= 15 is 0 Å². The van der Waals surface area contributed by atoms with E-state index in [0.29, 0.717) is 0 Å². The van der Waals surface area contributed by atoms with E-state index in [0.717, 1.165) is 18.0 Å². The molecule has 21 heavy (non-hydrogen) atoms. The van der Waals surface area contributed by atoms with Gasteiger partial charge in [-0.1, -0.05) is 62.4 Å². The van der Waals surface area contributed by atoms with Gasteiger partial charge in [0.1, 0.15) is 0 Å². The molecule has 2 aromatic rings. The fraction of sp³-hybridized carbons (Fsp3) is 0.500. The maximum Gasteiger partial charge on any atom is 0.0948 e. The topological polar surface area (TPSA) is 38.9 Å². The summed E-state index contributed by atoms with van der Waals surface area (Å²) >= 11 is 1.74. The number of thiazole rings is 1. The highest BCUT2D eigenvalue weighted by Crippen LogP contribution is 2.28. The Morgan fingerprint density at radius 3 is 2.67 bits per heavy atom. The third-order valence-electron chi connectivity index (χ3n) is 4.42. The number of rotatable bonds is 5. The average molecular weight is 300 g/mol. The molecule has 0 spiro atoms. The smallest absolute Gasteiger partial charge is 0.0948 e. The molecule has 1 atom stereocenters. The first kappa shape index (κ1) is 14.7. The fourth-order valence-corrected chi connectivity index (χ4v) is 4.20. The molecule has 1 aliphatic carbocycles. The van der Waals surface area contributed by atoms with E-state index in [1.54, 1.807) is 11.3 Å². The van der Waals surface area contributed by atoms with Crippen LogP contribution in [0.2, 0.25) is 0 Å². The van der Waals surface area contributed by atoms with E-state index in [-0.39, 0.29) is 6.04 Å². The first-order chi connectivity index (χ1) is 10.3. The van der Waals surface area contributed by atoms with Gasteiger partial charge in [0.15, 0.2) is 0 Å². The molecule has 2 nitrogen and oxygen atoms in total. The molecule has 1 aliphatic rings. The predicted molar refractivity (Wildman–Crippen MR) is 90.4 cm³/mol. The molecule has 112 valence electrons. The normalized spacial score (nSPS) is 17.8.